The van der Waals surface area contributed by atoms with Crippen LogP contribution in [-0.2, 0) is 4.79 Å². The summed E-state index contributed by atoms with van der Waals surface area (Å²) < 4.78 is 38.8. The van der Waals surface area contributed by atoms with Crippen LogP contribution in [0.1, 0.15) is 30.3 Å². The number of likely N-dealkylation sites (tertiary alicyclic amines) is 1. The fraction of sp³-hybridized carbons (Fsp3) is 0.500. The lowest BCUT2D eigenvalue weighted by molar-refractivity contribution is -0.196. The van der Waals surface area contributed by atoms with Crippen molar-refractivity contribution in [1.82, 2.24) is 15.2 Å². The number of pyridine rings is 1. The second-order valence-electron chi connectivity index (χ2n) is 5.35. The van der Waals surface area contributed by atoms with E-state index in [1.54, 1.807) is 0 Å². The van der Waals surface area contributed by atoms with Crippen molar-refractivity contribution in [3.63, 3.8) is 0 Å². The molecule has 1 aliphatic rings. The number of aromatic hydroxyl groups is 1. The van der Waals surface area contributed by atoms with Gasteiger partial charge in [0.05, 0.1) is 0 Å². The quantitative estimate of drug-likeness (QED) is 0.859. The highest BCUT2D eigenvalue weighted by Gasteiger charge is 2.47. The van der Waals surface area contributed by atoms with Crippen LogP contribution >= 0.6 is 0 Å². The number of aromatic nitrogens is 1. The molecule has 0 saturated carbocycles. The molecule has 0 aliphatic carbocycles. The van der Waals surface area contributed by atoms with Crippen molar-refractivity contribution in [2.24, 2.45) is 0 Å². The maximum Gasteiger partial charge on any atom is 0.408 e. The number of carbonyl (C=O) groups is 2. The van der Waals surface area contributed by atoms with Crippen LogP contribution in [0.5, 0.6) is 5.75 Å². The van der Waals surface area contributed by atoms with Crippen molar-refractivity contribution in [3.05, 3.63) is 24.0 Å². The molecule has 1 aromatic rings. The SMILES string of the molecule is CC(=O)N1CC(NC(=O)c2ncccc2O)CCC1C(F)(F)F. The fourth-order valence-electron chi connectivity index (χ4n) is 2.60. The zero-order chi connectivity index (χ0) is 17.2. The molecule has 0 aromatic carbocycles. The molecule has 6 nitrogen and oxygen atoms in total. The first-order valence-corrected chi connectivity index (χ1v) is 6.99. The second-order valence-corrected chi connectivity index (χ2v) is 5.35. The smallest absolute Gasteiger partial charge is 0.408 e. The van der Waals surface area contributed by atoms with Gasteiger partial charge in [-0.15, -0.1) is 0 Å². The van der Waals surface area contributed by atoms with Crippen molar-refractivity contribution in [3.8, 4) is 5.75 Å². The van der Waals surface area contributed by atoms with Gasteiger partial charge in [-0.25, -0.2) is 4.98 Å². The molecule has 2 unspecified atom stereocenters. The van der Waals surface area contributed by atoms with Crippen molar-refractivity contribution in [2.75, 3.05) is 6.54 Å². The third-order valence-corrected chi connectivity index (χ3v) is 3.70. The molecule has 1 fully saturated rings. The first kappa shape index (κ1) is 17.0. The predicted molar refractivity (Wildman–Crippen MR) is 73.6 cm³/mol. The molecule has 1 aliphatic heterocycles. The van der Waals surface area contributed by atoms with Crippen LogP contribution in [0.4, 0.5) is 13.2 Å². The minimum Gasteiger partial charge on any atom is -0.505 e. The van der Waals surface area contributed by atoms with Crippen LogP contribution in [0.2, 0.25) is 0 Å². The van der Waals surface area contributed by atoms with E-state index in [9.17, 15) is 27.9 Å². The summed E-state index contributed by atoms with van der Waals surface area (Å²) in [6.07, 6.45) is -3.40. The standard InChI is InChI=1S/C14H16F3N3O3/c1-8(21)20-7-9(4-5-11(20)14(15,16)17)19-13(23)12-10(22)3-2-6-18-12/h2-3,6,9,11,22H,4-5,7H2,1H3,(H,19,23). The van der Waals surface area contributed by atoms with Gasteiger partial charge in [-0.1, -0.05) is 0 Å². The van der Waals surface area contributed by atoms with Gasteiger partial charge >= 0.3 is 6.18 Å². The highest BCUT2D eigenvalue weighted by molar-refractivity contribution is 5.95. The summed E-state index contributed by atoms with van der Waals surface area (Å²) in [5.41, 5.74) is -0.209. The Labute approximate surface area is 130 Å². The lowest BCUT2D eigenvalue weighted by Crippen LogP contribution is -2.57. The van der Waals surface area contributed by atoms with E-state index >= 15 is 0 Å². The normalized spacial score (nSPS) is 21.8. The Kier molecular flexibility index (Phi) is 4.76. The molecular weight excluding hydrogens is 315 g/mol. The number of hydrogen-bond donors (Lipinski definition) is 2. The first-order valence-electron chi connectivity index (χ1n) is 6.99. The Morgan fingerprint density at radius 2 is 2.09 bits per heavy atom. The summed E-state index contributed by atoms with van der Waals surface area (Å²) in [6, 6.07) is 0.255. The number of piperidine rings is 1. The highest BCUT2D eigenvalue weighted by Crippen LogP contribution is 2.32. The zero-order valence-corrected chi connectivity index (χ0v) is 12.3. The van der Waals surface area contributed by atoms with Crippen LogP contribution in [0, 0.1) is 0 Å². The molecule has 2 atom stereocenters. The molecule has 23 heavy (non-hydrogen) atoms. The van der Waals surface area contributed by atoms with E-state index < -0.39 is 30.1 Å². The largest absolute Gasteiger partial charge is 0.505 e. The summed E-state index contributed by atoms with van der Waals surface area (Å²) in [5.74, 6) is -1.72. The second kappa shape index (κ2) is 6.43. The number of hydrogen-bond acceptors (Lipinski definition) is 4. The monoisotopic (exact) mass is 331 g/mol. The molecule has 126 valence electrons. The molecule has 0 spiro atoms. The van der Waals surface area contributed by atoms with E-state index in [4.69, 9.17) is 0 Å². The molecule has 0 radical (unpaired) electrons. The third kappa shape index (κ3) is 3.91. The van der Waals surface area contributed by atoms with E-state index in [-0.39, 0.29) is 30.8 Å². The van der Waals surface area contributed by atoms with Gasteiger partial charge in [-0.2, -0.15) is 13.2 Å². The third-order valence-electron chi connectivity index (χ3n) is 3.70. The van der Waals surface area contributed by atoms with Gasteiger partial charge in [0.15, 0.2) is 5.69 Å². The van der Waals surface area contributed by atoms with Gasteiger partial charge in [0.1, 0.15) is 11.8 Å². The van der Waals surface area contributed by atoms with Gasteiger partial charge in [0, 0.05) is 25.7 Å². The Morgan fingerprint density at radius 3 is 2.65 bits per heavy atom. The van der Waals surface area contributed by atoms with Crippen LogP contribution < -0.4 is 5.32 Å². The van der Waals surface area contributed by atoms with Crippen molar-refractivity contribution >= 4 is 11.8 Å². The van der Waals surface area contributed by atoms with Gasteiger partial charge in [-0.3, -0.25) is 9.59 Å². The zero-order valence-electron chi connectivity index (χ0n) is 12.3. The average molecular weight is 331 g/mol. The first-order chi connectivity index (χ1) is 10.7. The molecule has 0 bridgehead atoms. The minimum atomic E-state index is -4.50. The lowest BCUT2D eigenvalue weighted by Gasteiger charge is -2.40. The number of nitrogens with zero attached hydrogens (tertiary/aromatic N) is 2. The average Bonchev–Trinajstić information content (AvgIpc) is 2.46. The predicted octanol–water partition coefficient (Wildman–Crippen LogP) is 1.46. The molecular formula is C14H16F3N3O3. The minimum absolute atomic E-state index is 0.0767. The molecule has 1 aromatic heterocycles. The van der Waals surface area contributed by atoms with Gasteiger partial charge in [0.2, 0.25) is 5.91 Å². The van der Waals surface area contributed by atoms with E-state index in [1.165, 1.54) is 18.3 Å². The van der Waals surface area contributed by atoms with Crippen molar-refractivity contribution in [1.29, 1.82) is 0 Å². The van der Waals surface area contributed by atoms with E-state index in [0.717, 1.165) is 6.92 Å². The Balaban J connectivity index is 2.07. The summed E-state index contributed by atoms with van der Waals surface area (Å²) >= 11 is 0. The van der Waals surface area contributed by atoms with E-state index in [0.29, 0.717) is 4.90 Å². The van der Waals surface area contributed by atoms with Crippen LogP contribution in [-0.4, -0.2) is 51.6 Å². The van der Waals surface area contributed by atoms with Gasteiger partial charge in [0.25, 0.3) is 5.91 Å². The highest BCUT2D eigenvalue weighted by atomic mass is 19.4. The maximum atomic E-state index is 12.9. The maximum absolute atomic E-state index is 12.9. The number of alkyl halides is 3. The topological polar surface area (TPSA) is 82.5 Å². The van der Waals surface area contributed by atoms with Gasteiger partial charge in [-0.05, 0) is 25.0 Å². The van der Waals surface area contributed by atoms with E-state index in [1.807, 2.05) is 0 Å². The number of halogens is 3. The van der Waals surface area contributed by atoms with Crippen molar-refractivity contribution in [2.45, 2.75) is 38.0 Å². The fourth-order valence-corrected chi connectivity index (χ4v) is 2.60. The number of carbonyl (C=O) groups excluding carboxylic acids is 2. The number of amides is 2. The summed E-state index contributed by atoms with van der Waals surface area (Å²) in [6.45, 7) is 0.826. The molecule has 1 saturated heterocycles. The molecule has 2 amide bonds. The van der Waals surface area contributed by atoms with Crippen LogP contribution in [0.3, 0.4) is 0 Å². The Bertz CT molecular complexity index is 606. The molecule has 2 rings (SSSR count). The van der Waals surface area contributed by atoms with Gasteiger partial charge < -0.3 is 15.3 Å². The van der Waals surface area contributed by atoms with Crippen LogP contribution in [0.25, 0.3) is 0 Å². The number of nitrogens with one attached hydrogen (secondary N) is 1. The molecule has 2 heterocycles. The van der Waals surface area contributed by atoms with Crippen molar-refractivity contribution < 1.29 is 27.9 Å². The van der Waals surface area contributed by atoms with E-state index in [2.05, 4.69) is 10.3 Å². The molecule has 9 heteroatoms. The lowest BCUT2D eigenvalue weighted by atomic mass is 9.97. The molecule has 2 N–H and O–H groups in total. The summed E-state index contributed by atoms with van der Waals surface area (Å²) in [5, 5.41) is 12.1. The van der Waals surface area contributed by atoms with Crippen LogP contribution in [0.15, 0.2) is 18.3 Å². The summed E-state index contributed by atoms with van der Waals surface area (Å²) in [7, 11) is 0. The summed E-state index contributed by atoms with van der Waals surface area (Å²) in [4.78, 5) is 27.9. The Morgan fingerprint density at radius 1 is 1.39 bits per heavy atom. The number of rotatable bonds is 2. The Hall–Kier alpha value is -2.32.